The molecule has 8 heteroatoms. The maximum absolute atomic E-state index is 12.8. The van der Waals surface area contributed by atoms with Gasteiger partial charge in [-0.15, -0.1) is 11.3 Å². The standard InChI is InChI=1S/C24H27N5O2S/c1-17-7-10-25-20(15-17)27-23(31)19-8-12-29(13-9-19)16-21(30)28-22(24-26-11-14-32-24)18-5-3-2-4-6-18/h2-7,10-11,14-15,19,22H,8-9,12-13,16H2,1H3,(H,28,30)(H,25,27,31). The van der Waals surface area contributed by atoms with E-state index in [1.807, 2.05) is 54.8 Å². The van der Waals surface area contributed by atoms with Crippen molar-refractivity contribution in [3.63, 3.8) is 0 Å². The van der Waals surface area contributed by atoms with E-state index in [9.17, 15) is 9.59 Å². The smallest absolute Gasteiger partial charge is 0.235 e. The number of aromatic nitrogens is 2. The summed E-state index contributed by atoms with van der Waals surface area (Å²) < 4.78 is 0. The second-order valence-electron chi connectivity index (χ2n) is 8.04. The third kappa shape index (κ3) is 5.77. The Balaban J connectivity index is 1.29. The first-order valence-corrected chi connectivity index (χ1v) is 11.7. The van der Waals surface area contributed by atoms with E-state index in [1.165, 1.54) is 11.3 Å². The molecule has 0 spiro atoms. The van der Waals surface area contributed by atoms with Crippen LogP contribution in [0.25, 0.3) is 0 Å². The first kappa shape index (κ1) is 22.1. The molecular formula is C24H27N5O2S. The lowest BCUT2D eigenvalue weighted by Crippen LogP contribution is -2.44. The number of amides is 2. The maximum atomic E-state index is 12.8. The van der Waals surface area contributed by atoms with Crippen LogP contribution in [0.2, 0.25) is 0 Å². The third-order valence-corrected chi connectivity index (χ3v) is 6.47. The molecule has 0 aliphatic carbocycles. The SMILES string of the molecule is Cc1ccnc(NC(=O)C2CCN(CC(=O)NC(c3ccccc3)c3nccs3)CC2)c1. The number of rotatable bonds is 7. The molecule has 3 aromatic rings. The molecule has 1 aliphatic heterocycles. The Hall–Kier alpha value is -3.10. The molecule has 166 valence electrons. The maximum Gasteiger partial charge on any atom is 0.235 e. The van der Waals surface area contributed by atoms with Crippen LogP contribution < -0.4 is 10.6 Å². The van der Waals surface area contributed by atoms with Crippen LogP contribution in [0, 0.1) is 12.8 Å². The van der Waals surface area contributed by atoms with E-state index in [-0.39, 0.29) is 23.8 Å². The molecule has 1 aromatic carbocycles. The molecule has 1 fully saturated rings. The van der Waals surface area contributed by atoms with Gasteiger partial charge in [0.1, 0.15) is 16.9 Å². The van der Waals surface area contributed by atoms with E-state index in [0.717, 1.165) is 29.0 Å². The lowest BCUT2D eigenvalue weighted by atomic mass is 9.96. The highest BCUT2D eigenvalue weighted by atomic mass is 32.1. The minimum absolute atomic E-state index is 0.000105. The van der Waals surface area contributed by atoms with Crippen molar-refractivity contribution in [2.24, 2.45) is 5.92 Å². The van der Waals surface area contributed by atoms with Gasteiger partial charge in [0.05, 0.1) is 6.54 Å². The molecule has 4 rings (SSSR count). The highest BCUT2D eigenvalue weighted by molar-refractivity contribution is 7.09. The summed E-state index contributed by atoms with van der Waals surface area (Å²) in [4.78, 5) is 36.1. The number of anilines is 1. The summed E-state index contributed by atoms with van der Waals surface area (Å²) in [5, 5.41) is 8.83. The van der Waals surface area contributed by atoms with E-state index >= 15 is 0 Å². The molecular weight excluding hydrogens is 422 g/mol. The summed E-state index contributed by atoms with van der Waals surface area (Å²) >= 11 is 1.53. The van der Waals surface area contributed by atoms with E-state index in [1.54, 1.807) is 12.4 Å². The number of hydrogen-bond acceptors (Lipinski definition) is 6. The van der Waals surface area contributed by atoms with Gasteiger partial charge in [-0.3, -0.25) is 14.5 Å². The van der Waals surface area contributed by atoms with Gasteiger partial charge in [0.25, 0.3) is 0 Å². The van der Waals surface area contributed by atoms with Gasteiger partial charge in [0.15, 0.2) is 0 Å². The van der Waals surface area contributed by atoms with E-state index < -0.39 is 0 Å². The molecule has 1 aliphatic rings. The Morgan fingerprint density at radius 3 is 2.59 bits per heavy atom. The molecule has 1 unspecified atom stereocenters. The van der Waals surface area contributed by atoms with Gasteiger partial charge >= 0.3 is 0 Å². The molecule has 0 saturated carbocycles. The van der Waals surface area contributed by atoms with Crippen molar-refractivity contribution in [3.8, 4) is 0 Å². The molecule has 3 heterocycles. The molecule has 2 aromatic heterocycles. The van der Waals surface area contributed by atoms with Gasteiger partial charge < -0.3 is 10.6 Å². The quantitative estimate of drug-likeness (QED) is 0.577. The number of nitrogens with one attached hydrogen (secondary N) is 2. The topological polar surface area (TPSA) is 87.2 Å². The fourth-order valence-electron chi connectivity index (χ4n) is 3.91. The molecule has 2 amide bonds. The Morgan fingerprint density at radius 2 is 1.91 bits per heavy atom. The average Bonchev–Trinajstić information content (AvgIpc) is 3.33. The van der Waals surface area contributed by atoms with Crippen LogP contribution in [-0.4, -0.2) is 46.3 Å². The number of carbonyl (C=O) groups excluding carboxylic acids is 2. The van der Waals surface area contributed by atoms with Crippen molar-refractivity contribution >= 4 is 29.0 Å². The number of carbonyl (C=O) groups is 2. The predicted molar refractivity (Wildman–Crippen MR) is 125 cm³/mol. The molecule has 1 atom stereocenters. The van der Waals surface area contributed by atoms with Gasteiger partial charge in [-0.05, 0) is 56.1 Å². The zero-order chi connectivity index (χ0) is 22.3. The van der Waals surface area contributed by atoms with Crippen molar-refractivity contribution in [3.05, 3.63) is 76.4 Å². The Labute approximate surface area is 191 Å². The second-order valence-corrected chi connectivity index (χ2v) is 8.97. The number of piperidine rings is 1. The molecule has 32 heavy (non-hydrogen) atoms. The molecule has 1 saturated heterocycles. The highest BCUT2D eigenvalue weighted by Gasteiger charge is 2.27. The molecule has 7 nitrogen and oxygen atoms in total. The highest BCUT2D eigenvalue weighted by Crippen LogP contribution is 2.24. The monoisotopic (exact) mass is 449 g/mol. The number of thiazole rings is 1. The summed E-state index contributed by atoms with van der Waals surface area (Å²) in [6, 6.07) is 13.4. The van der Waals surface area contributed by atoms with E-state index in [0.29, 0.717) is 25.5 Å². The lowest BCUT2D eigenvalue weighted by Gasteiger charge is -2.31. The first-order chi connectivity index (χ1) is 15.6. The fraction of sp³-hybridized carbons (Fsp3) is 0.333. The first-order valence-electron chi connectivity index (χ1n) is 10.8. The summed E-state index contributed by atoms with van der Waals surface area (Å²) in [6.07, 6.45) is 4.89. The molecule has 0 radical (unpaired) electrons. The van der Waals surface area contributed by atoms with Crippen LogP contribution >= 0.6 is 11.3 Å². The number of aryl methyl sites for hydroxylation is 1. The molecule has 2 N–H and O–H groups in total. The van der Waals surface area contributed by atoms with Crippen molar-refractivity contribution < 1.29 is 9.59 Å². The summed E-state index contributed by atoms with van der Waals surface area (Å²) in [7, 11) is 0. The predicted octanol–water partition coefficient (Wildman–Crippen LogP) is 3.40. The minimum Gasteiger partial charge on any atom is -0.342 e. The summed E-state index contributed by atoms with van der Waals surface area (Å²) in [6.45, 7) is 3.69. The van der Waals surface area contributed by atoms with Gasteiger partial charge in [-0.25, -0.2) is 9.97 Å². The van der Waals surface area contributed by atoms with Crippen LogP contribution in [0.15, 0.2) is 60.2 Å². The van der Waals surface area contributed by atoms with Crippen LogP contribution in [0.5, 0.6) is 0 Å². The van der Waals surface area contributed by atoms with Gasteiger partial charge in [0.2, 0.25) is 11.8 Å². The average molecular weight is 450 g/mol. The van der Waals surface area contributed by atoms with Crippen LogP contribution in [0.4, 0.5) is 5.82 Å². The van der Waals surface area contributed by atoms with Crippen molar-refractivity contribution in [2.45, 2.75) is 25.8 Å². The molecule has 0 bridgehead atoms. The van der Waals surface area contributed by atoms with E-state index in [4.69, 9.17) is 0 Å². The zero-order valence-electron chi connectivity index (χ0n) is 18.0. The number of pyridine rings is 1. The fourth-order valence-corrected chi connectivity index (χ4v) is 4.62. The van der Waals surface area contributed by atoms with Crippen LogP contribution in [0.1, 0.15) is 35.0 Å². The number of nitrogens with zero attached hydrogens (tertiary/aromatic N) is 3. The third-order valence-electron chi connectivity index (χ3n) is 5.63. The van der Waals surface area contributed by atoms with Crippen molar-refractivity contribution in [1.82, 2.24) is 20.2 Å². The minimum atomic E-state index is -0.256. The van der Waals surface area contributed by atoms with Crippen molar-refractivity contribution in [2.75, 3.05) is 25.0 Å². The lowest BCUT2D eigenvalue weighted by molar-refractivity contribution is -0.123. The van der Waals surface area contributed by atoms with Gasteiger partial charge in [-0.1, -0.05) is 30.3 Å². The second kappa shape index (κ2) is 10.5. The summed E-state index contributed by atoms with van der Waals surface area (Å²) in [5.74, 6) is 0.482. The van der Waals surface area contributed by atoms with E-state index in [2.05, 4.69) is 25.5 Å². The Morgan fingerprint density at radius 1 is 1.12 bits per heavy atom. The zero-order valence-corrected chi connectivity index (χ0v) is 18.8. The Kier molecular flexibility index (Phi) is 7.24. The number of likely N-dealkylation sites (tertiary alicyclic amines) is 1. The van der Waals surface area contributed by atoms with Gasteiger partial charge in [-0.2, -0.15) is 0 Å². The van der Waals surface area contributed by atoms with Crippen LogP contribution in [0.3, 0.4) is 0 Å². The van der Waals surface area contributed by atoms with Crippen LogP contribution in [-0.2, 0) is 9.59 Å². The number of hydrogen-bond donors (Lipinski definition) is 2. The normalized spacial score (nSPS) is 15.8. The van der Waals surface area contributed by atoms with Gasteiger partial charge in [0, 0.05) is 23.7 Å². The summed E-state index contributed by atoms with van der Waals surface area (Å²) in [5.41, 5.74) is 2.07. The number of benzene rings is 1. The Bertz CT molecular complexity index is 1030. The largest absolute Gasteiger partial charge is 0.342 e. The van der Waals surface area contributed by atoms with Crippen molar-refractivity contribution in [1.29, 1.82) is 0 Å².